The third-order valence-corrected chi connectivity index (χ3v) is 10.4. The van der Waals surface area contributed by atoms with E-state index in [9.17, 15) is 9.59 Å². The molecular formula is C33H45ClN4O2S. The Morgan fingerprint density at radius 2 is 2.02 bits per heavy atom. The second-order valence-electron chi connectivity index (χ2n) is 12.0. The number of halogens is 1. The summed E-state index contributed by atoms with van der Waals surface area (Å²) < 4.78 is 0. The molecule has 2 fully saturated rings. The predicted octanol–water partition coefficient (Wildman–Crippen LogP) is 5.84. The quantitative estimate of drug-likeness (QED) is 0.338. The van der Waals surface area contributed by atoms with Crippen molar-refractivity contribution in [3.8, 4) is 0 Å². The zero-order valence-corrected chi connectivity index (χ0v) is 26.1. The van der Waals surface area contributed by atoms with Crippen molar-refractivity contribution in [3.63, 3.8) is 0 Å². The van der Waals surface area contributed by atoms with E-state index in [2.05, 4.69) is 51.1 Å². The van der Waals surface area contributed by atoms with Gasteiger partial charge in [0.05, 0.1) is 11.4 Å². The van der Waals surface area contributed by atoms with E-state index in [-0.39, 0.29) is 35.2 Å². The summed E-state index contributed by atoms with van der Waals surface area (Å²) in [5, 5.41) is 11.2. The summed E-state index contributed by atoms with van der Waals surface area (Å²) in [4.78, 5) is 31.7. The molecule has 2 saturated heterocycles. The van der Waals surface area contributed by atoms with Crippen molar-refractivity contribution < 1.29 is 9.59 Å². The zero-order valence-electron chi connectivity index (χ0n) is 24.5. The molecule has 1 aromatic carbocycles. The van der Waals surface area contributed by atoms with Crippen molar-refractivity contribution in [2.75, 3.05) is 39.3 Å². The minimum absolute atomic E-state index is 0.0218. The monoisotopic (exact) mass is 596 g/mol. The molecule has 1 aromatic heterocycles. The highest BCUT2D eigenvalue weighted by molar-refractivity contribution is 7.08. The highest BCUT2D eigenvalue weighted by atomic mass is 35.5. The van der Waals surface area contributed by atoms with Gasteiger partial charge < -0.3 is 20.4 Å². The van der Waals surface area contributed by atoms with Crippen LogP contribution in [-0.2, 0) is 4.79 Å². The molecule has 2 aromatic rings. The Hall–Kier alpha value is -2.19. The average Bonchev–Trinajstić information content (AvgIpc) is 3.49. The fourth-order valence-corrected chi connectivity index (χ4v) is 7.45. The van der Waals surface area contributed by atoms with Crippen LogP contribution in [0.4, 0.5) is 0 Å². The molecule has 8 heteroatoms. The van der Waals surface area contributed by atoms with Crippen LogP contribution in [0.2, 0.25) is 0 Å². The number of carbonyl (C=O) groups excluding carboxylic acids is 2. The van der Waals surface area contributed by atoms with E-state index in [0.717, 1.165) is 51.0 Å². The molecule has 41 heavy (non-hydrogen) atoms. The van der Waals surface area contributed by atoms with Crippen LogP contribution < -0.4 is 10.6 Å². The van der Waals surface area contributed by atoms with Crippen LogP contribution in [-0.4, -0.2) is 78.3 Å². The van der Waals surface area contributed by atoms with E-state index in [1.807, 2.05) is 30.4 Å². The first kappa shape index (κ1) is 30.3. The Balaban J connectivity index is 1.24. The Kier molecular flexibility index (Phi) is 10.6. The van der Waals surface area contributed by atoms with Gasteiger partial charge in [0.2, 0.25) is 5.91 Å². The highest BCUT2D eigenvalue weighted by Gasteiger charge is 2.32. The number of piperidine rings is 1. The van der Waals surface area contributed by atoms with Gasteiger partial charge in [-0.25, -0.2) is 0 Å². The number of nitrogens with one attached hydrogen (secondary N) is 2. The smallest absolute Gasteiger partial charge is 0.251 e. The van der Waals surface area contributed by atoms with Crippen molar-refractivity contribution >= 4 is 40.8 Å². The Bertz CT molecular complexity index is 1200. The largest absolute Gasteiger partial charge is 0.350 e. The maximum atomic E-state index is 13.9. The average molecular weight is 597 g/mol. The molecule has 2 unspecified atom stereocenters. The van der Waals surface area contributed by atoms with Crippen LogP contribution in [0.15, 0.2) is 41.1 Å². The fourth-order valence-electron chi connectivity index (χ4n) is 6.50. The minimum Gasteiger partial charge on any atom is -0.350 e. The van der Waals surface area contributed by atoms with Gasteiger partial charge in [-0.2, -0.15) is 11.3 Å². The molecule has 0 spiro atoms. The van der Waals surface area contributed by atoms with Crippen LogP contribution >= 0.6 is 22.9 Å². The van der Waals surface area contributed by atoms with Gasteiger partial charge >= 0.3 is 0 Å². The zero-order chi connectivity index (χ0) is 28.8. The Morgan fingerprint density at radius 1 is 1.20 bits per heavy atom. The topological polar surface area (TPSA) is 64.7 Å². The lowest BCUT2D eigenvalue weighted by Gasteiger charge is -2.31. The number of carbonyl (C=O) groups is 2. The Morgan fingerprint density at radius 3 is 2.78 bits per heavy atom. The molecule has 2 N–H and O–H groups in total. The summed E-state index contributed by atoms with van der Waals surface area (Å²) >= 11 is 8.12. The molecule has 5 rings (SSSR count). The predicted molar refractivity (Wildman–Crippen MR) is 170 cm³/mol. The summed E-state index contributed by atoms with van der Waals surface area (Å²) in [5.41, 5.74) is 4.22. The number of fused-ring (bicyclic) bond motifs is 1. The summed E-state index contributed by atoms with van der Waals surface area (Å²) in [6.07, 6.45) is 10.4. The summed E-state index contributed by atoms with van der Waals surface area (Å²) in [6, 6.07) is 7.88. The van der Waals surface area contributed by atoms with E-state index < -0.39 is 0 Å². The normalized spacial score (nSPS) is 25.9. The summed E-state index contributed by atoms with van der Waals surface area (Å²) in [7, 11) is 0. The summed E-state index contributed by atoms with van der Waals surface area (Å²) in [6.45, 7) is 9.46. The van der Waals surface area contributed by atoms with Gasteiger partial charge in [0.1, 0.15) is 0 Å². The number of amides is 2. The number of benzene rings is 1. The number of allylic oxidation sites excluding steroid dienone is 1. The van der Waals surface area contributed by atoms with Crippen molar-refractivity contribution in [2.45, 2.75) is 81.7 Å². The van der Waals surface area contributed by atoms with E-state index in [4.69, 9.17) is 11.6 Å². The lowest BCUT2D eigenvalue weighted by atomic mass is 9.87. The first-order chi connectivity index (χ1) is 19.9. The maximum Gasteiger partial charge on any atom is 0.251 e. The number of hydrogen-bond acceptors (Lipinski definition) is 5. The molecule has 3 aliphatic rings. The molecular weight excluding hydrogens is 552 g/mol. The maximum absolute atomic E-state index is 13.9. The molecule has 222 valence electrons. The van der Waals surface area contributed by atoms with E-state index >= 15 is 0 Å². The number of rotatable bonds is 10. The number of hydrogen-bond donors (Lipinski definition) is 2. The van der Waals surface area contributed by atoms with Crippen LogP contribution in [0.5, 0.6) is 0 Å². The fraction of sp³-hybridized carbons (Fsp3) is 0.576. The molecule has 0 saturated carbocycles. The van der Waals surface area contributed by atoms with E-state index in [1.54, 1.807) is 11.3 Å². The van der Waals surface area contributed by atoms with Crippen LogP contribution in [0.25, 0.3) is 6.08 Å². The number of nitrogens with zero attached hydrogens (tertiary/aromatic N) is 2. The van der Waals surface area contributed by atoms with Crippen LogP contribution in [0.1, 0.15) is 91.3 Å². The second-order valence-corrected chi connectivity index (χ2v) is 13.3. The van der Waals surface area contributed by atoms with Gasteiger partial charge in [0, 0.05) is 49.6 Å². The first-order valence-electron chi connectivity index (χ1n) is 15.5. The first-order valence-corrected chi connectivity index (χ1v) is 16.8. The van der Waals surface area contributed by atoms with Gasteiger partial charge in [-0.05, 0) is 90.8 Å². The molecule has 1 aliphatic carbocycles. The third-order valence-electron chi connectivity index (χ3n) is 9.21. The highest BCUT2D eigenvalue weighted by Crippen LogP contribution is 2.33. The van der Waals surface area contributed by atoms with Crippen molar-refractivity contribution in [2.24, 2.45) is 0 Å². The number of alkyl halides is 1. The Labute approximate surface area is 254 Å². The van der Waals surface area contributed by atoms with Gasteiger partial charge in [-0.15, -0.1) is 11.6 Å². The van der Waals surface area contributed by atoms with E-state index in [0.29, 0.717) is 24.6 Å². The molecule has 0 bridgehead atoms. The molecule has 0 radical (unpaired) electrons. The molecule has 2 amide bonds. The second kappa shape index (κ2) is 14.3. The molecule has 3 heterocycles. The van der Waals surface area contributed by atoms with E-state index in [1.165, 1.54) is 30.4 Å². The van der Waals surface area contributed by atoms with Gasteiger partial charge in [-0.3, -0.25) is 9.59 Å². The number of thiophene rings is 1. The number of likely N-dealkylation sites (tertiary alicyclic amines) is 1. The van der Waals surface area contributed by atoms with Gasteiger partial charge in [-0.1, -0.05) is 38.5 Å². The molecule has 6 nitrogen and oxygen atoms in total. The van der Waals surface area contributed by atoms with Crippen molar-refractivity contribution in [1.29, 1.82) is 0 Å². The SMILES string of the molecule is CC[C@H](CN1CC[C@@H](CNC(=O)c2ccc3c(c2)C=CC(Cl)C3C)N[C@@H](CCN2CCCCC2)C1=O)c1ccsc1. The van der Waals surface area contributed by atoms with Crippen molar-refractivity contribution in [3.05, 3.63) is 63.4 Å². The lowest BCUT2D eigenvalue weighted by molar-refractivity contribution is -0.133. The van der Waals surface area contributed by atoms with Gasteiger partial charge in [0.15, 0.2) is 0 Å². The van der Waals surface area contributed by atoms with Crippen LogP contribution in [0, 0.1) is 0 Å². The van der Waals surface area contributed by atoms with Crippen molar-refractivity contribution in [1.82, 2.24) is 20.4 Å². The standard InChI is InChI=1S/C33H45ClN4O2S/c1-3-24(27-13-18-41-22-27)21-38-17-11-28(36-31(33(38)40)12-16-37-14-5-4-6-15-37)20-35-32(39)26-7-9-29-23(2)30(34)10-8-25(29)19-26/h7-10,13,18-19,22-24,28,30-31,36H,3-6,11-12,14-17,20-21H2,1-2H3,(H,35,39)/t23?,24-,28+,30?,31+/m1/s1. The van der Waals surface area contributed by atoms with Crippen LogP contribution in [0.3, 0.4) is 0 Å². The minimum atomic E-state index is -0.236. The van der Waals surface area contributed by atoms with Gasteiger partial charge in [0.25, 0.3) is 5.91 Å². The molecule has 2 aliphatic heterocycles. The molecule has 5 atom stereocenters. The summed E-state index contributed by atoms with van der Waals surface area (Å²) in [5.74, 6) is 0.694. The lowest BCUT2D eigenvalue weighted by Crippen LogP contribution is -2.50. The third kappa shape index (κ3) is 7.61.